The van der Waals surface area contributed by atoms with Crippen molar-refractivity contribution < 1.29 is 32.3 Å². The molecule has 0 unspecified atom stereocenters. The Morgan fingerprint density at radius 1 is 1.07 bits per heavy atom. The summed E-state index contributed by atoms with van der Waals surface area (Å²) in [6.45, 7) is 5.52. The third-order valence-electron chi connectivity index (χ3n) is 7.68. The van der Waals surface area contributed by atoms with Gasteiger partial charge in [0.25, 0.3) is 15.9 Å². The molecule has 0 radical (unpaired) electrons. The van der Waals surface area contributed by atoms with Gasteiger partial charge in [0.15, 0.2) is 0 Å². The molecule has 2 aliphatic heterocycles. The normalized spacial score (nSPS) is 27.8. The number of hydrogen-bond acceptors (Lipinski definition) is 7. The van der Waals surface area contributed by atoms with Crippen LogP contribution in [0.3, 0.4) is 0 Å². The number of allylic oxidation sites excluding steroid dienone is 1. The number of hydrogen-bond donors (Lipinski definition) is 3. The third-order valence-corrected chi connectivity index (χ3v) is 9.28. The number of alkyl carbamates (subject to hydrolysis) is 1. The van der Waals surface area contributed by atoms with Crippen molar-refractivity contribution in [3.05, 3.63) is 41.4 Å². The number of nitrogens with one attached hydrogen (secondary N) is 3. The Balaban J connectivity index is 1.56. The molecule has 0 aromatic heterocycles. The predicted octanol–water partition coefficient (Wildman–Crippen LogP) is 3.42. The molecule has 2 fully saturated rings. The van der Waals surface area contributed by atoms with E-state index in [0.29, 0.717) is 43.7 Å². The first kappa shape index (κ1) is 31.8. The van der Waals surface area contributed by atoms with Crippen molar-refractivity contribution >= 4 is 45.4 Å². The van der Waals surface area contributed by atoms with Crippen LogP contribution in [0, 0.1) is 5.92 Å². The molecular formula is C29H39ClN4O7S. The van der Waals surface area contributed by atoms with Crippen LogP contribution in [0.4, 0.5) is 4.79 Å². The molecule has 0 spiro atoms. The zero-order chi connectivity index (χ0) is 30.7. The van der Waals surface area contributed by atoms with Gasteiger partial charge in [0, 0.05) is 17.5 Å². The smallest absolute Gasteiger partial charge is 0.408 e. The van der Waals surface area contributed by atoms with E-state index in [4.69, 9.17) is 16.3 Å². The second-order valence-electron chi connectivity index (χ2n) is 12.1. The number of halogens is 1. The summed E-state index contributed by atoms with van der Waals surface area (Å²) in [5.74, 6) is -2.17. The van der Waals surface area contributed by atoms with Crippen LogP contribution in [0.15, 0.2) is 41.3 Å². The van der Waals surface area contributed by atoms with Gasteiger partial charge in [-0.3, -0.25) is 14.4 Å². The molecule has 4 rings (SSSR count). The second-order valence-corrected chi connectivity index (χ2v) is 14.2. The van der Waals surface area contributed by atoms with Crippen molar-refractivity contribution in [3.8, 4) is 0 Å². The van der Waals surface area contributed by atoms with Crippen molar-refractivity contribution in [2.45, 2.75) is 100 Å². The van der Waals surface area contributed by atoms with E-state index in [1.807, 2.05) is 12.2 Å². The summed E-state index contributed by atoms with van der Waals surface area (Å²) in [4.78, 5) is 54.7. The van der Waals surface area contributed by atoms with Crippen LogP contribution < -0.4 is 15.4 Å². The molecule has 3 aliphatic rings. The maximum Gasteiger partial charge on any atom is 0.408 e. The Kier molecular flexibility index (Phi) is 9.56. The molecule has 4 amide bonds. The highest BCUT2D eigenvalue weighted by Gasteiger charge is 2.61. The molecule has 2 heterocycles. The van der Waals surface area contributed by atoms with Gasteiger partial charge in [0.2, 0.25) is 11.8 Å². The Bertz CT molecular complexity index is 1340. The highest BCUT2D eigenvalue weighted by molar-refractivity contribution is 7.90. The monoisotopic (exact) mass is 622 g/mol. The maximum absolute atomic E-state index is 13.7. The van der Waals surface area contributed by atoms with Gasteiger partial charge in [0.1, 0.15) is 23.2 Å². The van der Waals surface area contributed by atoms with Gasteiger partial charge in [0.05, 0.1) is 4.90 Å². The molecule has 1 saturated heterocycles. The van der Waals surface area contributed by atoms with Crippen LogP contribution in [-0.4, -0.2) is 66.9 Å². The van der Waals surface area contributed by atoms with Crippen molar-refractivity contribution in [2.24, 2.45) is 5.92 Å². The number of ether oxygens (including phenoxy) is 1. The van der Waals surface area contributed by atoms with Crippen LogP contribution >= 0.6 is 11.6 Å². The number of benzene rings is 1. The first-order valence-corrected chi connectivity index (χ1v) is 16.2. The van der Waals surface area contributed by atoms with E-state index in [1.54, 1.807) is 20.8 Å². The number of fused-ring (bicyclic) bond motifs is 2. The van der Waals surface area contributed by atoms with Gasteiger partial charge in [-0.1, -0.05) is 36.6 Å². The Morgan fingerprint density at radius 2 is 1.79 bits per heavy atom. The number of sulfonamides is 1. The number of carbonyl (C=O) groups is 4. The average molecular weight is 623 g/mol. The van der Waals surface area contributed by atoms with Crippen LogP contribution in [0.5, 0.6) is 0 Å². The largest absolute Gasteiger partial charge is 0.444 e. The SMILES string of the molecule is CC(C)(C)OC(=O)N[C@H]1CCCCC/C=C\[C@H]2C[C@@]2(C(=O)NS(=O)(=O)c2ccc(Cl)cc2)NC(=O)[C@@H]2CCCN2C1=O. The number of amides is 4. The first-order chi connectivity index (χ1) is 19.7. The topological polar surface area (TPSA) is 151 Å². The number of nitrogens with zero attached hydrogens (tertiary/aromatic N) is 1. The zero-order valence-corrected chi connectivity index (χ0v) is 25.7. The van der Waals surface area contributed by atoms with E-state index in [2.05, 4.69) is 15.4 Å². The molecule has 0 bridgehead atoms. The summed E-state index contributed by atoms with van der Waals surface area (Å²) in [6.07, 6.45) is 7.64. The van der Waals surface area contributed by atoms with E-state index < -0.39 is 57.1 Å². The minimum absolute atomic E-state index is 0.135. The summed E-state index contributed by atoms with van der Waals surface area (Å²) in [6, 6.07) is 3.66. The molecule has 230 valence electrons. The summed E-state index contributed by atoms with van der Waals surface area (Å²) in [7, 11) is -4.23. The van der Waals surface area contributed by atoms with E-state index >= 15 is 0 Å². The molecule has 4 atom stereocenters. The van der Waals surface area contributed by atoms with Gasteiger partial charge in [-0.2, -0.15) is 0 Å². The number of rotatable bonds is 4. The molecule has 1 aromatic carbocycles. The van der Waals surface area contributed by atoms with Crippen LogP contribution in [0.2, 0.25) is 5.02 Å². The molecule has 1 saturated carbocycles. The van der Waals surface area contributed by atoms with E-state index in [9.17, 15) is 27.6 Å². The lowest BCUT2D eigenvalue weighted by Crippen LogP contribution is -2.58. The maximum atomic E-state index is 13.7. The fraction of sp³-hybridized carbons (Fsp3) is 0.586. The van der Waals surface area contributed by atoms with Crippen LogP contribution in [0.25, 0.3) is 0 Å². The fourth-order valence-electron chi connectivity index (χ4n) is 5.43. The number of carbonyl (C=O) groups excluding carboxylic acids is 4. The lowest BCUT2D eigenvalue weighted by atomic mass is 10.0. The summed E-state index contributed by atoms with van der Waals surface area (Å²) < 4.78 is 33.4. The molecule has 3 N–H and O–H groups in total. The van der Waals surface area contributed by atoms with Crippen molar-refractivity contribution in [3.63, 3.8) is 0 Å². The summed E-state index contributed by atoms with van der Waals surface area (Å²) in [5.41, 5.74) is -2.22. The quantitative estimate of drug-likeness (QED) is 0.435. The van der Waals surface area contributed by atoms with Crippen molar-refractivity contribution in [2.75, 3.05) is 6.54 Å². The minimum Gasteiger partial charge on any atom is -0.444 e. The van der Waals surface area contributed by atoms with E-state index in [0.717, 1.165) is 12.8 Å². The third kappa shape index (κ3) is 7.63. The highest BCUT2D eigenvalue weighted by Crippen LogP contribution is 2.45. The average Bonchev–Trinajstić information content (AvgIpc) is 3.35. The Hall–Kier alpha value is -3.12. The Labute approximate surface area is 251 Å². The summed E-state index contributed by atoms with van der Waals surface area (Å²) in [5, 5.41) is 5.85. The van der Waals surface area contributed by atoms with E-state index in [-0.39, 0.29) is 17.2 Å². The van der Waals surface area contributed by atoms with E-state index in [1.165, 1.54) is 29.2 Å². The standard InChI is InChI=1S/C29H39ClN4O7S/c1-28(2,3)41-27(38)31-22-11-8-6-4-5-7-10-19-18-29(19,32-24(35)23-12-9-17-34(23)25(22)36)26(37)33-42(39,40)21-15-13-20(30)14-16-21/h7,10,13-16,19,22-23H,4-6,8-9,11-12,17-18H2,1-3H3,(H,31,38)(H,32,35)(H,33,37)/b10-7-/t19-,22-,23-,29+/m0/s1. The van der Waals surface area contributed by atoms with Gasteiger partial charge in [-0.15, -0.1) is 0 Å². The molecular weight excluding hydrogens is 584 g/mol. The predicted molar refractivity (Wildman–Crippen MR) is 156 cm³/mol. The minimum atomic E-state index is -4.23. The second kappa shape index (κ2) is 12.6. The molecule has 13 heteroatoms. The molecule has 42 heavy (non-hydrogen) atoms. The van der Waals surface area contributed by atoms with Gasteiger partial charge in [-0.05, 0) is 83.6 Å². The zero-order valence-electron chi connectivity index (χ0n) is 24.2. The van der Waals surface area contributed by atoms with Gasteiger partial charge in [-0.25, -0.2) is 17.9 Å². The lowest BCUT2D eigenvalue weighted by molar-refractivity contribution is -0.141. The highest BCUT2D eigenvalue weighted by atomic mass is 35.5. The van der Waals surface area contributed by atoms with Crippen molar-refractivity contribution in [1.29, 1.82) is 0 Å². The first-order valence-electron chi connectivity index (χ1n) is 14.3. The van der Waals surface area contributed by atoms with Gasteiger partial charge >= 0.3 is 6.09 Å². The van der Waals surface area contributed by atoms with Gasteiger partial charge < -0.3 is 20.3 Å². The molecule has 1 aromatic rings. The Morgan fingerprint density at radius 3 is 2.48 bits per heavy atom. The van der Waals surface area contributed by atoms with Crippen LogP contribution in [-0.2, 0) is 29.1 Å². The van der Waals surface area contributed by atoms with Crippen LogP contribution in [0.1, 0.15) is 72.1 Å². The molecule has 11 nitrogen and oxygen atoms in total. The fourth-order valence-corrected chi connectivity index (χ4v) is 6.59. The summed E-state index contributed by atoms with van der Waals surface area (Å²) >= 11 is 5.87. The molecule has 1 aliphatic carbocycles. The lowest BCUT2D eigenvalue weighted by Gasteiger charge is -2.30. The van der Waals surface area contributed by atoms with Crippen molar-refractivity contribution in [1.82, 2.24) is 20.3 Å².